The van der Waals surface area contributed by atoms with Gasteiger partial charge in [-0.15, -0.1) is 0 Å². The Morgan fingerprint density at radius 3 is 2.26 bits per heavy atom. The molecular formula is C26H24N2O7. The van der Waals surface area contributed by atoms with Gasteiger partial charge in [0.1, 0.15) is 12.6 Å². The van der Waals surface area contributed by atoms with Crippen LogP contribution in [-0.2, 0) is 32.1 Å². The zero-order valence-corrected chi connectivity index (χ0v) is 18.8. The molecule has 1 aliphatic heterocycles. The standard InChI is InChI=1S/C26H24N2O7/c29-24(27-20-11-12-22-23(14-20)35-17-34-22)16-32-25(30)21(13-18-7-3-1-4-8-18)28-26(31)33-15-19-9-5-2-6-10-19/h1-12,14,21H,13,15-17H2,(H,27,29)(H,28,31). The van der Waals surface area contributed by atoms with Crippen LogP contribution in [0.3, 0.4) is 0 Å². The molecule has 3 aromatic rings. The Balaban J connectivity index is 1.32. The molecule has 0 spiro atoms. The monoisotopic (exact) mass is 476 g/mol. The van der Waals surface area contributed by atoms with E-state index in [0.717, 1.165) is 11.1 Å². The van der Waals surface area contributed by atoms with Crippen LogP contribution in [0.15, 0.2) is 78.9 Å². The maximum atomic E-state index is 12.8. The fraction of sp³-hybridized carbons (Fsp3) is 0.192. The number of esters is 1. The van der Waals surface area contributed by atoms with Gasteiger partial charge < -0.3 is 29.6 Å². The zero-order valence-electron chi connectivity index (χ0n) is 18.8. The normalized spacial score (nSPS) is 12.3. The van der Waals surface area contributed by atoms with Crippen LogP contribution in [0.5, 0.6) is 11.5 Å². The summed E-state index contributed by atoms with van der Waals surface area (Å²) in [4.78, 5) is 37.4. The Morgan fingerprint density at radius 2 is 1.51 bits per heavy atom. The Morgan fingerprint density at radius 1 is 0.829 bits per heavy atom. The van der Waals surface area contributed by atoms with Crippen LogP contribution in [0.2, 0.25) is 0 Å². The summed E-state index contributed by atoms with van der Waals surface area (Å²) in [6.45, 7) is -0.356. The molecule has 1 aliphatic rings. The summed E-state index contributed by atoms with van der Waals surface area (Å²) < 4.78 is 20.9. The molecule has 0 radical (unpaired) electrons. The van der Waals surface area contributed by atoms with Crippen molar-refractivity contribution in [2.75, 3.05) is 18.7 Å². The number of anilines is 1. The van der Waals surface area contributed by atoms with Gasteiger partial charge in [0.05, 0.1) is 0 Å². The average molecular weight is 476 g/mol. The van der Waals surface area contributed by atoms with Gasteiger partial charge in [0.2, 0.25) is 6.79 Å². The molecule has 9 nitrogen and oxygen atoms in total. The SMILES string of the molecule is O=C(COC(=O)C(Cc1ccccc1)NC(=O)OCc1ccccc1)Nc1ccc2c(c1)OCO2. The van der Waals surface area contributed by atoms with Crippen LogP contribution in [-0.4, -0.2) is 37.4 Å². The van der Waals surface area contributed by atoms with Crippen LogP contribution in [0.4, 0.5) is 10.5 Å². The molecule has 1 unspecified atom stereocenters. The van der Waals surface area contributed by atoms with Gasteiger partial charge in [-0.1, -0.05) is 60.7 Å². The highest BCUT2D eigenvalue weighted by atomic mass is 16.7. The largest absolute Gasteiger partial charge is 0.454 e. The summed E-state index contributed by atoms with van der Waals surface area (Å²) in [6.07, 6.45) is -0.597. The molecule has 1 heterocycles. The van der Waals surface area contributed by atoms with Crippen molar-refractivity contribution in [2.45, 2.75) is 19.1 Å². The van der Waals surface area contributed by atoms with Gasteiger partial charge in [-0.2, -0.15) is 0 Å². The van der Waals surface area contributed by atoms with E-state index in [4.69, 9.17) is 18.9 Å². The Bertz CT molecular complexity index is 1170. The molecule has 2 N–H and O–H groups in total. The van der Waals surface area contributed by atoms with Crippen LogP contribution in [0, 0.1) is 0 Å². The topological polar surface area (TPSA) is 112 Å². The summed E-state index contributed by atoms with van der Waals surface area (Å²) in [5, 5.41) is 5.17. The van der Waals surface area contributed by atoms with Gasteiger partial charge in [0.15, 0.2) is 18.1 Å². The molecule has 35 heavy (non-hydrogen) atoms. The number of nitrogens with one attached hydrogen (secondary N) is 2. The summed E-state index contributed by atoms with van der Waals surface area (Å²) in [7, 11) is 0. The molecule has 3 aromatic carbocycles. The second-order valence-electron chi connectivity index (χ2n) is 7.67. The van der Waals surface area contributed by atoms with Gasteiger partial charge >= 0.3 is 12.1 Å². The Labute approximate surface area is 201 Å². The summed E-state index contributed by atoms with van der Waals surface area (Å²) in [6, 6.07) is 22.2. The van der Waals surface area contributed by atoms with Crippen molar-refractivity contribution in [3.63, 3.8) is 0 Å². The lowest BCUT2D eigenvalue weighted by atomic mass is 10.1. The number of benzene rings is 3. The first-order valence-electron chi connectivity index (χ1n) is 10.9. The van der Waals surface area contributed by atoms with Crippen molar-refractivity contribution in [2.24, 2.45) is 0 Å². The maximum Gasteiger partial charge on any atom is 0.408 e. The Hall–Kier alpha value is -4.53. The number of carbonyl (C=O) groups is 3. The van der Waals surface area contributed by atoms with E-state index < -0.39 is 30.6 Å². The van der Waals surface area contributed by atoms with Crippen molar-refractivity contribution in [3.05, 3.63) is 90.0 Å². The molecule has 0 bridgehead atoms. The lowest BCUT2D eigenvalue weighted by Crippen LogP contribution is -2.44. The van der Waals surface area contributed by atoms with Crippen molar-refractivity contribution < 1.29 is 33.3 Å². The number of amides is 2. The third-order valence-corrected chi connectivity index (χ3v) is 5.07. The van der Waals surface area contributed by atoms with Crippen LogP contribution >= 0.6 is 0 Å². The van der Waals surface area contributed by atoms with Gasteiger partial charge in [0.25, 0.3) is 5.91 Å². The number of alkyl carbamates (subject to hydrolysis) is 1. The summed E-state index contributed by atoms with van der Waals surface area (Å²) in [5.74, 6) is -0.196. The molecule has 0 aliphatic carbocycles. The highest BCUT2D eigenvalue weighted by molar-refractivity contribution is 5.93. The zero-order chi connectivity index (χ0) is 24.5. The number of ether oxygens (including phenoxy) is 4. The van der Waals surface area contributed by atoms with Gasteiger partial charge in [-0.05, 0) is 23.3 Å². The molecule has 9 heteroatoms. The van der Waals surface area contributed by atoms with Gasteiger partial charge in [-0.3, -0.25) is 4.79 Å². The minimum Gasteiger partial charge on any atom is -0.454 e. The number of hydrogen-bond acceptors (Lipinski definition) is 7. The van der Waals surface area contributed by atoms with E-state index in [-0.39, 0.29) is 19.8 Å². The van der Waals surface area contributed by atoms with E-state index in [9.17, 15) is 14.4 Å². The minimum atomic E-state index is -1.04. The molecule has 0 saturated heterocycles. The second kappa shape index (κ2) is 11.6. The number of fused-ring (bicyclic) bond motifs is 1. The van der Waals surface area contributed by atoms with Gasteiger partial charge in [-0.25, -0.2) is 9.59 Å². The number of carbonyl (C=O) groups excluding carboxylic acids is 3. The highest BCUT2D eigenvalue weighted by Crippen LogP contribution is 2.34. The van der Waals surface area contributed by atoms with E-state index in [1.807, 2.05) is 60.7 Å². The first kappa shape index (κ1) is 23.6. The van der Waals surface area contributed by atoms with Crippen molar-refractivity contribution in [3.8, 4) is 11.5 Å². The molecule has 0 fully saturated rings. The highest BCUT2D eigenvalue weighted by Gasteiger charge is 2.24. The Kier molecular flexibility index (Phi) is 7.80. The predicted molar refractivity (Wildman–Crippen MR) is 126 cm³/mol. The fourth-order valence-electron chi connectivity index (χ4n) is 3.36. The van der Waals surface area contributed by atoms with Gasteiger partial charge in [0, 0.05) is 18.2 Å². The third-order valence-electron chi connectivity index (χ3n) is 5.07. The molecule has 180 valence electrons. The maximum absolute atomic E-state index is 12.8. The molecule has 4 rings (SSSR count). The third kappa shape index (κ3) is 6.97. The van der Waals surface area contributed by atoms with Crippen LogP contribution in [0.1, 0.15) is 11.1 Å². The second-order valence-corrected chi connectivity index (χ2v) is 7.67. The first-order chi connectivity index (χ1) is 17.1. The first-order valence-corrected chi connectivity index (χ1v) is 10.9. The van der Waals surface area contributed by atoms with Crippen molar-refractivity contribution in [1.82, 2.24) is 5.32 Å². The van der Waals surface area contributed by atoms with Crippen LogP contribution in [0.25, 0.3) is 0 Å². The van der Waals surface area contributed by atoms with E-state index in [0.29, 0.717) is 17.2 Å². The van der Waals surface area contributed by atoms with Crippen molar-refractivity contribution in [1.29, 1.82) is 0 Å². The molecule has 2 amide bonds. The molecule has 0 saturated carbocycles. The quantitative estimate of drug-likeness (QED) is 0.455. The average Bonchev–Trinajstić information content (AvgIpc) is 3.35. The molecule has 0 aromatic heterocycles. The van der Waals surface area contributed by atoms with Crippen LogP contribution < -0.4 is 20.1 Å². The molecule has 1 atom stereocenters. The van der Waals surface area contributed by atoms with E-state index >= 15 is 0 Å². The lowest BCUT2D eigenvalue weighted by Gasteiger charge is -2.18. The summed E-state index contributed by atoms with van der Waals surface area (Å²) in [5.41, 5.74) is 2.09. The van der Waals surface area contributed by atoms with Crippen molar-refractivity contribution >= 4 is 23.7 Å². The lowest BCUT2D eigenvalue weighted by molar-refractivity contribution is -0.149. The number of rotatable bonds is 9. The fourth-order valence-corrected chi connectivity index (χ4v) is 3.36. The van der Waals surface area contributed by atoms with E-state index in [1.54, 1.807) is 18.2 Å². The predicted octanol–water partition coefficient (Wildman–Crippen LogP) is 3.43. The summed E-state index contributed by atoms with van der Waals surface area (Å²) >= 11 is 0. The van der Waals surface area contributed by atoms with E-state index in [2.05, 4.69) is 10.6 Å². The molecular weight excluding hydrogens is 452 g/mol. The number of hydrogen-bond donors (Lipinski definition) is 2. The smallest absolute Gasteiger partial charge is 0.408 e. The van der Waals surface area contributed by atoms with E-state index in [1.165, 1.54) is 0 Å². The minimum absolute atomic E-state index is 0.0533.